The molecule has 18 heavy (non-hydrogen) atoms. The van der Waals surface area contributed by atoms with Crippen LogP contribution in [0.15, 0.2) is 30.6 Å². The fourth-order valence-electron chi connectivity index (χ4n) is 1.73. The fraction of sp³-hybridized carbons (Fsp3) is 0.286. The number of hydrogen-bond acceptors (Lipinski definition) is 3. The molecule has 1 aromatic carbocycles. The minimum Gasteiger partial charge on any atom is -0.489 e. The van der Waals surface area contributed by atoms with Crippen LogP contribution in [0.2, 0.25) is 5.02 Å². The van der Waals surface area contributed by atoms with Crippen LogP contribution in [0.5, 0.6) is 5.75 Å². The van der Waals surface area contributed by atoms with Crippen molar-refractivity contribution in [2.24, 2.45) is 0 Å². The number of aromatic nitrogens is 2. The van der Waals surface area contributed by atoms with Gasteiger partial charge in [-0.25, -0.2) is 9.97 Å². The number of rotatable bonds is 3. The average Bonchev–Trinajstić information content (AvgIpc) is 3.16. The quantitative estimate of drug-likeness (QED) is 0.845. The average molecular weight is 261 g/mol. The highest BCUT2D eigenvalue weighted by Crippen LogP contribution is 2.34. The Hall–Kier alpha value is -1.61. The van der Waals surface area contributed by atoms with Gasteiger partial charge in [0.25, 0.3) is 0 Å². The Morgan fingerprint density at radius 2 is 2.06 bits per heavy atom. The number of ether oxygens (including phenoxy) is 1. The first-order chi connectivity index (χ1) is 8.72. The first-order valence-electron chi connectivity index (χ1n) is 5.97. The molecule has 1 aromatic heterocycles. The smallest absolute Gasteiger partial charge is 0.138 e. The molecule has 1 heterocycles. The van der Waals surface area contributed by atoms with Crippen molar-refractivity contribution in [3.05, 3.63) is 41.3 Å². The number of benzene rings is 1. The van der Waals surface area contributed by atoms with Crippen molar-refractivity contribution >= 4 is 11.6 Å². The third-order valence-electron chi connectivity index (χ3n) is 2.85. The van der Waals surface area contributed by atoms with Crippen LogP contribution < -0.4 is 4.74 Å². The number of aryl methyl sites for hydroxylation is 1. The summed E-state index contributed by atoms with van der Waals surface area (Å²) in [6.45, 7) is 1.95. The second kappa shape index (κ2) is 4.58. The van der Waals surface area contributed by atoms with Crippen LogP contribution in [0.1, 0.15) is 18.5 Å². The minimum absolute atomic E-state index is 0.338. The summed E-state index contributed by atoms with van der Waals surface area (Å²) in [5.41, 5.74) is 2.83. The topological polar surface area (TPSA) is 35.0 Å². The molecular formula is C14H13ClN2O. The van der Waals surface area contributed by atoms with E-state index in [1.54, 1.807) is 6.33 Å². The summed E-state index contributed by atoms with van der Waals surface area (Å²) < 4.78 is 5.77. The van der Waals surface area contributed by atoms with E-state index in [0.717, 1.165) is 35.5 Å². The summed E-state index contributed by atoms with van der Waals surface area (Å²) in [7, 11) is 0. The molecule has 0 amide bonds. The Kier molecular flexibility index (Phi) is 2.92. The molecule has 1 aliphatic carbocycles. The van der Waals surface area contributed by atoms with Crippen LogP contribution in [-0.2, 0) is 0 Å². The van der Waals surface area contributed by atoms with E-state index in [0.29, 0.717) is 11.1 Å². The van der Waals surface area contributed by atoms with Crippen LogP contribution in [0, 0.1) is 6.92 Å². The van der Waals surface area contributed by atoms with Gasteiger partial charge in [0.2, 0.25) is 0 Å². The monoisotopic (exact) mass is 260 g/mol. The van der Waals surface area contributed by atoms with Gasteiger partial charge < -0.3 is 4.74 Å². The summed E-state index contributed by atoms with van der Waals surface area (Å²) in [6, 6.07) is 7.70. The SMILES string of the molecule is Cc1cc(-c2ccc(Cl)c(OC3CC3)c2)ncn1. The van der Waals surface area contributed by atoms with E-state index in [2.05, 4.69) is 9.97 Å². The second-order valence-corrected chi connectivity index (χ2v) is 4.91. The van der Waals surface area contributed by atoms with Crippen molar-refractivity contribution < 1.29 is 4.74 Å². The molecule has 4 heteroatoms. The lowest BCUT2D eigenvalue weighted by Crippen LogP contribution is -1.97. The van der Waals surface area contributed by atoms with Gasteiger partial charge in [-0.05, 0) is 38.0 Å². The minimum atomic E-state index is 0.338. The predicted octanol–water partition coefficient (Wildman–Crippen LogP) is 3.65. The number of hydrogen-bond donors (Lipinski definition) is 0. The first-order valence-corrected chi connectivity index (χ1v) is 6.35. The maximum absolute atomic E-state index is 6.13. The summed E-state index contributed by atoms with van der Waals surface area (Å²) >= 11 is 6.13. The van der Waals surface area contributed by atoms with Gasteiger partial charge in [0.1, 0.15) is 12.1 Å². The molecule has 0 spiro atoms. The Balaban J connectivity index is 1.96. The van der Waals surface area contributed by atoms with E-state index in [-0.39, 0.29) is 0 Å². The molecule has 0 saturated heterocycles. The molecule has 3 rings (SSSR count). The molecule has 2 aromatic rings. The zero-order valence-corrected chi connectivity index (χ0v) is 10.8. The maximum atomic E-state index is 6.13. The molecular weight excluding hydrogens is 248 g/mol. The number of halogens is 1. The molecule has 1 aliphatic rings. The maximum Gasteiger partial charge on any atom is 0.138 e. The molecule has 1 fully saturated rings. The predicted molar refractivity (Wildman–Crippen MR) is 70.9 cm³/mol. The molecule has 0 bridgehead atoms. The van der Waals surface area contributed by atoms with Crippen LogP contribution >= 0.6 is 11.6 Å². The Morgan fingerprint density at radius 3 is 2.78 bits per heavy atom. The summed E-state index contributed by atoms with van der Waals surface area (Å²) in [5, 5.41) is 0.649. The molecule has 0 unspecified atom stereocenters. The van der Waals surface area contributed by atoms with E-state index in [1.807, 2.05) is 31.2 Å². The standard InChI is InChI=1S/C14H13ClN2O/c1-9-6-13(17-8-16-9)10-2-5-12(15)14(7-10)18-11-3-4-11/h2,5-8,11H,3-4H2,1H3. The Bertz CT molecular complexity index is 582. The van der Waals surface area contributed by atoms with Crippen LogP contribution in [0.25, 0.3) is 11.3 Å². The van der Waals surface area contributed by atoms with Gasteiger partial charge in [0.05, 0.1) is 16.8 Å². The molecule has 0 radical (unpaired) electrons. The lowest BCUT2D eigenvalue weighted by atomic mass is 10.1. The highest BCUT2D eigenvalue weighted by molar-refractivity contribution is 6.32. The lowest BCUT2D eigenvalue weighted by Gasteiger charge is -2.09. The van der Waals surface area contributed by atoms with Gasteiger partial charge in [0, 0.05) is 11.3 Å². The molecule has 0 N–H and O–H groups in total. The van der Waals surface area contributed by atoms with Crippen molar-refractivity contribution in [3.63, 3.8) is 0 Å². The highest BCUT2D eigenvalue weighted by atomic mass is 35.5. The zero-order chi connectivity index (χ0) is 12.5. The highest BCUT2D eigenvalue weighted by Gasteiger charge is 2.24. The Labute approximate surface area is 111 Å². The largest absolute Gasteiger partial charge is 0.489 e. The van der Waals surface area contributed by atoms with Gasteiger partial charge >= 0.3 is 0 Å². The number of nitrogens with zero attached hydrogens (tertiary/aromatic N) is 2. The zero-order valence-electron chi connectivity index (χ0n) is 10.1. The van der Waals surface area contributed by atoms with E-state index in [1.165, 1.54) is 0 Å². The van der Waals surface area contributed by atoms with Crippen molar-refractivity contribution in [1.82, 2.24) is 9.97 Å². The first kappa shape index (κ1) is 11.5. The fourth-order valence-corrected chi connectivity index (χ4v) is 1.89. The van der Waals surface area contributed by atoms with E-state index < -0.39 is 0 Å². The third kappa shape index (κ3) is 2.46. The van der Waals surface area contributed by atoms with Crippen molar-refractivity contribution in [2.75, 3.05) is 0 Å². The van der Waals surface area contributed by atoms with Gasteiger partial charge in [-0.1, -0.05) is 17.7 Å². The van der Waals surface area contributed by atoms with Crippen LogP contribution in [-0.4, -0.2) is 16.1 Å². The molecule has 1 saturated carbocycles. The summed E-state index contributed by atoms with van der Waals surface area (Å²) in [6.07, 6.45) is 4.14. The van der Waals surface area contributed by atoms with Gasteiger partial charge in [-0.2, -0.15) is 0 Å². The second-order valence-electron chi connectivity index (χ2n) is 4.51. The normalized spacial score (nSPS) is 14.6. The Morgan fingerprint density at radius 1 is 1.22 bits per heavy atom. The van der Waals surface area contributed by atoms with E-state index in [9.17, 15) is 0 Å². The van der Waals surface area contributed by atoms with Crippen LogP contribution in [0.3, 0.4) is 0 Å². The van der Waals surface area contributed by atoms with Crippen molar-refractivity contribution in [2.45, 2.75) is 25.9 Å². The van der Waals surface area contributed by atoms with Gasteiger partial charge in [-0.3, -0.25) is 0 Å². The third-order valence-corrected chi connectivity index (χ3v) is 3.16. The summed E-state index contributed by atoms with van der Waals surface area (Å²) in [4.78, 5) is 8.36. The summed E-state index contributed by atoms with van der Waals surface area (Å²) in [5.74, 6) is 0.743. The van der Waals surface area contributed by atoms with Crippen molar-refractivity contribution in [3.8, 4) is 17.0 Å². The van der Waals surface area contributed by atoms with E-state index >= 15 is 0 Å². The van der Waals surface area contributed by atoms with Crippen LogP contribution in [0.4, 0.5) is 0 Å². The van der Waals surface area contributed by atoms with Crippen molar-refractivity contribution in [1.29, 1.82) is 0 Å². The van der Waals surface area contributed by atoms with E-state index in [4.69, 9.17) is 16.3 Å². The molecule has 92 valence electrons. The molecule has 3 nitrogen and oxygen atoms in total. The van der Waals surface area contributed by atoms with Gasteiger partial charge in [-0.15, -0.1) is 0 Å². The molecule has 0 atom stereocenters. The molecule has 0 aliphatic heterocycles. The lowest BCUT2D eigenvalue weighted by molar-refractivity contribution is 0.303. The van der Waals surface area contributed by atoms with Gasteiger partial charge in [0.15, 0.2) is 0 Å².